The molecule has 0 saturated carbocycles. The molecule has 45 heavy (non-hydrogen) atoms. The fourth-order valence-corrected chi connectivity index (χ4v) is 5.68. The molecule has 3 N–H and O–H groups in total. The van der Waals surface area contributed by atoms with E-state index in [1.165, 1.54) is 96.3 Å². The van der Waals surface area contributed by atoms with Crippen molar-refractivity contribution in [1.82, 2.24) is 0 Å². The summed E-state index contributed by atoms with van der Waals surface area (Å²) in [5, 5.41) is 27.3. The number of aliphatic carboxylic acids is 1. The van der Waals surface area contributed by atoms with Gasteiger partial charge in [-0.25, -0.2) is 0 Å². The average Bonchev–Trinajstić information content (AvgIpc) is 3.03. The molecule has 6 nitrogen and oxygen atoms in total. The van der Waals surface area contributed by atoms with Crippen LogP contribution in [0.4, 0.5) is 0 Å². The van der Waals surface area contributed by atoms with Crippen molar-refractivity contribution >= 4 is 11.9 Å². The molecule has 0 heterocycles. The number of rotatable bonds is 35. The molecule has 0 spiro atoms. The van der Waals surface area contributed by atoms with Crippen LogP contribution in [-0.4, -0.2) is 46.6 Å². The number of allylic oxidation sites excluding steroid dienone is 4. The maximum absolute atomic E-state index is 12.7. The average molecular weight is 637 g/mol. The summed E-state index contributed by atoms with van der Waals surface area (Å²) in [6.07, 6.45) is 40.0. The lowest BCUT2D eigenvalue weighted by Gasteiger charge is -2.17. The van der Waals surface area contributed by atoms with Crippen molar-refractivity contribution < 1.29 is 29.6 Å². The number of carbonyl (C=O) groups is 2. The van der Waals surface area contributed by atoms with E-state index in [0.717, 1.165) is 77.0 Å². The molecule has 0 saturated heterocycles. The lowest BCUT2D eigenvalue weighted by molar-refractivity contribution is -0.152. The monoisotopic (exact) mass is 637 g/mol. The number of carboxylic acids is 1. The zero-order valence-electron chi connectivity index (χ0n) is 29.2. The third-order valence-corrected chi connectivity index (χ3v) is 8.63. The summed E-state index contributed by atoms with van der Waals surface area (Å²) in [5.74, 6) is -1.02. The minimum Gasteiger partial charge on any atom is -0.481 e. The summed E-state index contributed by atoms with van der Waals surface area (Å²) in [5.41, 5.74) is 0. The molecule has 0 aliphatic carbocycles. The first kappa shape index (κ1) is 43.3. The fraction of sp³-hybridized carbons (Fsp3) is 0.846. The topological polar surface area (TPSA) is 104 Å². The Morgan fingerprint density at radius 2 is 0.956 bits per heavy atom. The molecular weight excluding hydrogens is 564 g/mol. The van der Waals surface area contributed by atoms with Gasteiger partial charge in [-0.15, -0.1) is 0 Å². The van der Waals surface area contributed by atoms with Crippen molar-refractivity contribution in [3.8, 4) is 0 Å². The van der Waals surface area contributed by atoms with Crippen molar-refractivity contribution in [3.63, 3.8) is 0 Å². The number of carbonyl (C=O) groups excluding carboxylic acids is 1. The second kappa shape index (κ2) is 35.2. The lowest BCUT2D eigenvalue weighted by Crippen LogP contribution is -2.25. The van der Waals surface area contributed by atoms with E-state index in [-0.39, 0.29) is 18.5 Å². The van der Waals surface area contributed by atoms with Gasteiger partial charge in [-0.2, -0.15) is 0 Å². The highest BCUT2D eigenvalue weighted by atomic mass is 16.5. The Kier molecular flexibility index (Phi) is 33.9. The number of carboxylic acid groups (broad SMARTS) is 1. The molecule has 0 radical (unpaired) electrons. The van der Waals surface area contributed by atoms with E-state index in [0.29, 0.717) is 6.42 Å². The van der Waals surface area contributed by atoms with Gasteiger partial charge in [-0.1, -0.05) is 134 Å². The van der Waals surface area contributed by atoms with Crippen LogP contribution < -0.4 is 0 Å². The molecule has 0 aromatic heterocycles. The van der Waals surface area contributed by atoms with Crippen molar-refractivity contribution in [2.75, 3.05) is 13.2 Å². The minimum absolute atomic E-state index is 0.108. The molecule has 0 rings (SSSR count). The van der Waals surface area contributed by atoms with Gasteiger partial charge in [-0.3, -0.25) is 9.59 Å². The molecule has 6 heteroatoms. The Bertz CT molecular complexity index is 704. The molecule has 0 aromatic rings. The summed E-state index contributed by atoms with van der Waals surface area (Å²) in [7, 11) is 0. The van der Waals surface area contributed by atoms with E-state index < -0.39 is 18.7 Å². The van der Waals surface area contributed by atoms with Crippen LogP contribution in [0.15, 0.2) is 24.3 Å². The van der Waals surface area contributed by atoms with E-state index in [1.54, 1.807) is 0 Å². The molecular formula is C39H72O6. The first-order valence-electron chi connectivity index (χ1n) is 19.0. The van der Waals surface area contributed by atoms with Crippen LogP contribution >= 0.6 is 0 Å². The highest BCUT2D eigenvalue weighted by Gasteiger charge is 2.20. The van der Waals surface area contributed by atoms with Crippen LogP contribution in [0.2, 0.25) is 0 Å². The number of aliphatic hydroxyl groups excluding tert-OH is 2. The third-order valence-electron chi connectivity index (χ3n) is 8.63. The van der Waals surface area contributed by atoms with Crippen LogP contribution in [-0.2, 0) is 14.3 Å². The fourth-order valence-electron chi connectivity index (χ4n) is 5.68. The number of hydrogen-bond donors (Lipinski definition) is 3. The molecule has 0 amide bonds. The van der Waals surface area contributed by atoms with E-state index in [9.17, 15) is 14.7 Å². The molecule has 2 atom stereocenters. The highest BCUT2D eigenvalue weighted by Crippen LogP contribution is 2.21. The molecule has 0 aliphatic rings. The maximum Gasteiger partial charge on any atom is 0.309 e. The SMILES string of the molecule is CCCCCCCCC=CCCCCCCC(CCCCCCCCC=CCCCCCCCC(=O)O)C(=O)OCC(O)CO. The van der Waals surface area contributed by atoms with Gasteiger partial charge in [0.1, 0.15) is 12.7 Å². The first-order valence-corrected chi connectivity index (χ1v) is 19.0. The van der Waals surface area contributed by atoms with Crippen molar-refractivity contribution in [3.05, 3.63) is 24.3 Å². The summed E-state index contributed by atoms with van der Waals surface area (Å²) >= 11 is 0. The van der Waals surface area contributed by atoms with Crippen molar-refractivity contribution in [2.24, 2.45) is 5.92 Å². The minimum atomic E-state index is -1.000. The zero-order chi connectivity index (χ0) is 33.1. The largest absolute Gasteiger partial charge is 0.481 e. The number of ether oxygens (including phenoxy) is 1. The first-order chi connectivity index (χ1) is 22.0. The van der Waals surface area contributed by atoms with Gasteiger partial charge in [0.15, 0.2) is 0 Å². The Morgan fingerprint density at radius 1 is 0.578 bits per heavy atom. The number of esters is 1. The maximum atomic E-state index is 12.7. The zero-order valence-corrected chi connectivity index (χ0v) is 29.2. The number of aliphatic hydroxyl groups is 2. The predicted octanol–water partition coefficient (Wildman–Crippen LogP) is 10.6. The van der Waals surface area contributed by atoms with Crippen molar-refractivity contribution in [2.45, 2.75) is 193 Å². The molecule has 0 aliphatic heterocycles. The summed E-state index contributed by atoms with van der Waals surface area (Å²) in [4.78, 5) is 23.2. The van der Waals surface area contributed by atoms with Gasteiger partial charge in [0.2, 0.25) is 0 Å². The smallest absolute Gasteiger partial charge is 0.309 e. The summed E-state index contributed by atoms with van der Waals surface area (Å²) < 4.78 is 5.33. The van der Waals surface area contributed by atoms with Crippen LogP contribution in [0.25, 0.3) is 0 Å². The van der Waals surface area contributed by atoms with Gasteiger partial charge in [0, 0.05) is 6.42 Å². The Balaban J connectivity index is 3.93. The number of unbranched alkanes of at least 4 members (excludes halogenated alkanes) is 21. The predicted molar refractivity (Wildman–Crippen MR) is 188 cm³/mol. The molecule has 0 bridgehead atoms. The molecule has 0 fully saturated rings. The quantitative estimate of drug-likeness (QED) is 0.0363. The van der Waals surface area contributed by atoms with Crippen molar-refractivity contribution in [1.29, 1.82) is 0 Å². The van der Waals surface area contributed by atoms with Gasteiger partial charge in [0.25, 0.3) is 0 Å². The Morgan fingerprint density at radius 3 is 1.36 bits per heavy atom. The summed E-state index contributed by atoms with van der Waals surface area (Å²) in [6.45, 7) is 1.75. The second-order valence-corrected chi connectivity index (χ2v) is 13.1. The van der Waals surface area contributed by atoms with E-state index >= 15 is 0 Å². The highest BCUT2D eigenvalue weighted by molar-refractivity contribution is 5.72. The van der Waals surface area contributed by atoms with Gasteiger partial charge >= 0.3 is 11.9 Å². The van der Waals surface area contributed by atoms with Gasteiger partial charge in [0.05, 0.1) is 12.5 Å². The molecule has 2 unspecified atom stereocenters. The van der Waals surface area contributed by atoms with Gasteiger partial charge < -0.3 is 20.1 Å². The second-order valence-electron chi connectivity index (χ2n) is 13.1. The van der Waals surface area contributed by atoms with E-state index in [4.69, 9.17) is 14.9 Å². The van der Waals surface area contributed by atoms with Gasteiger partial charge in [-0.05, 0) is 70.6 Å². The van der Waals surface area contributed by atoms with Crippen LogP contribution in [0.3, 0.4) is 0 Å². The van der Waals surface area contributed by atoms with E-state index in [1.807, 2.05) is 0 Å². The molecule has 0 aromatic carbocycles. The normalized spacial score (nSPS) is 13.1. The Hall–Kier alpha value is -1.66. The third kappa shape index (κ3) is 33.5. The van der Waals surface area contributed by atoms with Crippen LogP contribution in [0, 0.1) is 5.92 Å². The van der Waals surface area contributed by atoms with Crippen LogP contribution in [0.5, 0.6) is 0 Å². The number of hydrogen-bond acceptors (Lipinski definition) is 5. The Labute approximate surface area is 277 Å². The van der Waals surface area contributed by atoms with Crippen LogP contribution in [0.1, 0.15) is 187 Å². The standard InChI is InChI=1S/C39H72O6/c1-2-3-4-5-6-7-8-9-13-16-19-22-25-28-31-36(39(44)45-35-37(41)34-40)32-29-26-23-20-17-14-11-10-12-15-18-21-24-27-30-33-38(42)43/h9-10,12-13,36-37,40-41H,2-8,11,14-35H2,1H3,(H,42,43). The molecule has 264 valence electrons. The lowest BCUT2D eigenvalue weighted by atomic mass is 9.94. The van der Waals surface area contributed by atoms with E-state index in [2.05, 4.69) is 31.2 Å². The summed E-state index contributed by atoms with van der Waals surface area (Å²) in [6, 6.07) is 0.